The number of pyridine rings is 1. The van der Waals surface area contributed by atoms with Crippen molar-refractivity contribution in [2.24, 2.45) is 0 Å². The highest BCUT2D eigenvalue weighted by molar-refractivity contribution is 5.72. The van der Waals surface area contributed by atoms with Gasteiger partial charge in [0.05, 0.1) is 0 Å². The SMILES string of the molecule is CC(=O)NCCC=Cc1cc(C)cnc1F. The van der Waals surface area contributed by atoms with Crippen LogP contribution in [0.2, 0.25) is 0 Å². The number of hydrogen-bond donors (Lipinski definition) is 1. The van der Waals surface area contributed by atoms with Crippen molar-refractivity contribution in [1.82, 2.24) is 10.3 Å². The number of amides is 1. The number of carbonyl (C=O) groups excluding carboxylic acids is 1. The van der Waals surface area contributed by atoms with E-state index in [9.17, 15) is 9.18 Å². The first-order valence-electron chi connectivity index (χ1n) is 5.12. The molecule has 0 bridgehead atoms. The van der Waals surface area contributed by atoms with Gasteiger partial charge in [-0.25, -0.2) is 4.98 Å². The van der Waals surface area contributed by atoms with E-state index in [4.69, 9.17) is 0 Å². The molecular weight excluding hydrogens is 207 g/mol. The number of rotatable bonds is 4. The molecule has 1 N–H and O–H groups in total. The third-order valence-electron chi connectivity index (χ3n) is 1.99. The monoisotopic (exact) mass is 222 g/mol. The number of aryl methyl sites for hydroxylation is 1. The van der Waals surface area contributed by atoms with Gasteiger partial charge in [0.1, 0.15) is 0 Å². The minimum atomic E-state index is -0.471. The Morgan fingerprint density at radius 3 is 3.06 bits per heavy atom. The van der Waals surface area contributed by atoms with Crippen molar-refractivity contribution >= 4 is 12.0 Å². The maximum absolute atomic E-state index is 13.2. The van der Waals surface area contributed by atoms with Gasteiger partial charge in [-0.2, -0.15) is 4.39 Å². The molecule has 0 fully saturated rings. The third kappa shape index (κ3) is 4.21. The molecule has 1 heterocycles. The van der Waals surface area contributed by atoms with Gasteiger partial charge in [-0.3, -0.25) is 4.79 Å². The van der Waals surface area contributed by atoms with Gasteiger partial charge in [-0.1, -0.05) is 12.2 Å². The fourth-order valence-electron chi connectivity index (χ4n) is 1.23. The van der Waals surface area contributed by atoms with Crippen LogP contribution in [0.1, 0.15) is 24.5 Å². The van der Waals surface area contributed by atoms with Gasteiger partial charge in [0.15, 0.2) is 0 Å². The summed E-state index contributed by atoms with van der Waals surface area (Å²) < 4.78 is 13.2. The Morgan fingerprint density at radius 1 is 1.62 bits per heavy atom. The Labute approximate surface area is 94.4 Å². The maximum Gasteiger partial charge on any atom is 0.220 e. The van der Waals surface area contributed by atoms with Crippen LogP contribution in [0.5, 0.6) is 0 Å². The van der Waals surface area contributed by atoms with Gasteiger partial charge in [-0.15, -0.1) is 0 Å². The lowest BCUT2D eigenvalue weighted by Gasteiger charge is -1.99. The summed E-state index contributed by atoms with van der Waals surface area (Å²) in [6.45, 7) is 3.89. The van der Waals surface area contributed by atoms with Gasteiger partial charge in [0.2, 0.25) is 11.9 Å². The van der Waals surface area contributed by atoms with E-state index in [-0.39, 0.29) is 5.91 Å². The predicted octanol–water partition coefficient (Wildman–Crippen LogP) is 2.07. The first-order chi connectivity index (χ1) is 7.59. The van der Waals surface area contributed by atoms with Crippen molar-refractivity contribution in [3.8, 4) is 0 Å². The molecule has 4 heteroatoms. The zero-order chi connectivity index (χ0) is 12.0. The highest BCUT2D eigenvalue weighted by atomic mass is 19.1. The van der Waals surface area contributed by atoms with Crippen molar-refractivity contribution in [1.29, 1.82) is 0 Å². The Bertz CT molecular complexity index is 402. The molecular formula is C12H15FN2O. The molecule has 0 radical (unpaired) electrons. The molecule has 16 heavy (non-hydrogen) atoms. The summed E-state index contributed by atoms with van der Waals surface area (Å²) in [5.74, 6) is -0.529. The van der Waals surface area contributed by atoms with E-state index >= 15 is 0 Å². The molecule has 0 aliphatic carbocycles. The van der Waals surface area contributed by atoms with Gasteiger partial charge in [0.25, 0.3) is 0 Å². The second-order valence-corrected chi connectivity index (χ2v) is 3.57. The van der Waals surface area contributed by atoms with E-state index in [0.717, 1.165) is 5.56 Å². The van der Waals surface area contributed by atoms with Crippen LogP contribution in [-0.2, 0) is 4.79 Å². The van der Waals surface area contributed by atoms with Crippen LogP contribution < -0.4 is 5.32 Å². The molecule has 0 unspecified atom stereocenters. The van der Waals surface area contributed by atoms with Crippen molar-refractivity contribution < 1.29 is 9.18 Å². The summed E-state index contributed by atoms with van der Waals surface area (Å²) in [7, 11) is 0. The number of carbonyl (C=O) groups is 1. The highest BCUT2D eigenvalue weighted by Gasteiger charge is 1.98. The number of aromatic nitrogens is 1. The predicted molar refractivity (Wildman–Crippen MR) is 61.3 cm³/mol. The first-order valence-corrected chi connectivity index (χ1v) is 5.12. The van der Waals surface area contributed by atoms with Crippen molar-refractivity contribution in [2.75, 3.05) is 6.54 Å². The van der Waals surface area contributed by atoms with E-state index in [1.165, 1.54) is 13.1 Å². The number of halogens is 1. The summed E-state index contributed by atoms with van der Waals surface area (Å²) in [6.07, 6.45) is 5.66. The van der Waals surface area contributed by atoms with Crippen LogP contribution in [0.15, 0.2) is 18.3 Å². The van der Waals surface area contributed by atoms with Gasteiger partial charge < -0.3 is 5.32 Å². The average molecular weight is 222 g/mol. The molecule has 0 atom stereocenters. The Hall–Kier alpha value is -1.71. The molecule has 0 aliphatic heterocycles. The summed E-state index contributed by atoms with van der Waals surface area (Å²) >= 11 is 0. The molecule has 1 aromatic heterocycles. The second-order valence-electron chi connectivity index (χ2n) is 3.57. The lowest BCUT2D eigenvalue weighted by Crippen LogP contribution is -2.20. The molecule has 86 valence electrons. The van der Waals surface area contributed by atoms with Gasteiger partial charge >= 0.3 is 0 Å². The van der Waals surface area contributed by atoms with Crippen molar-refractivity contribution in [3.05, 3.63) is 35.4 Å². The first kappa shape index (κ1) is 12.4. The van der Waals surface area contributed by atoms with E-state index < -0.39 is 5.95 Å². The van der Waals surface area contributed by atoms with Crippen LogP contribution in [0, 0.1) is 12.9 Å². The highest BCUT2D eigenvalue weighted by Crippen LogP contribution is 2.08. The fraction of sp³-hybridized carbons (Fsp3) is 0.333. The topological polar surface area (TPSA) is 42.0 Å². The van der Waals surface area contributed by atoms with Crippen LogP contribution in [-0.4, -0.2) is 17.4 Å². The summed E-state index contributed by atoms with van der Waals surface area (Å²) in [4.78, 5) is 14.2. The van der Waals surface area contributed by atoms with E-state index in [2.05, 4.69) is 10.3 Å². The van der Waals surface area contributed by atoms with Gasteiger partial charge in [0, 0.05) is 25.2 Å². The van der Waals surface area contributed by atoms with Crippen LogP contribution in [0.4, 0.5) is 4.39 Å². The molecule has 1 aromatic rings. The number of nitrogens with one attached hydrogen (secondary N) is 1. The number of nitrogens with zero attached hydrogens (tertiary/aromatic N) is 1. The lowest BCUT2D eigenvalue weighted by molar-refractivity contribution is -0.118. The van der Waals surface area contributed by atoms with Crippen LogP contribution >= 0.6 is 0 Å². The van der Waals surface area contributed by atoms with E-state index in [0.29, 0.717) is 18.5 Å². The number of hydrogen-bond acceptors (Lipinski definition) is 2. The normalized spacial score (nSPS) is 10.7. The minimum Gasteiger partial charge on any atom is -0.356 e. The Balaban J connectivity index is 2.49. The maximum atomic E-state index is 13.2. The van der Waals surface area contributed by atoms with Crippen LogP contribution in [0.25, 0.3) is 6.08 Å². The molecule has 0 saturated carbocycles. The quantitative estimate of drug-likeness (QED) is 0.626. The van der Waals surface area contributed by atoms with E-state index in [1.807, 2.05) is 13.0 Å². The summed E-state index contributed by atoms with van der Waals surface area (Å²) in [6, 6.07) is 1.73. The second kappa shape index (κ2) is 6.00. The third-order valence-corrected chi connectivity index (χ3v) is 1.99. The fourth-order valence-corrected chi connectivity index (χ4v) is 1.23. The minimum absolute atomic E-state index is 0.0585. The van der Waals surface area contributed by atoms with Crippen molar-refractivity contribution in [2.45, 2.75) is 20.3 Å². The molecule has 0 aromatic carbocycles. The smallest absolute Gasteiger partial charge is 0.220 e. The Kier molecular flexibility index (Phi) is 4.64. The standard InChI is InChI=1S/C12H15FN2O/c1-9-7-11(12(13)15-8-9)5-3-4-6-14-10(2)16/h3,5,7-8H,4,6H2,1-2H3,(H,14,16). The molecule has 0 saturated heterocycles. The Morgan fingerprint density at radius 2 is 2.38 bits per heavy atom. The van der Waals surface area contributed by atoms with Crippen LogP contribution in [0.3, 0.4) is 0 Å². The summed E-state index contributed by atoms with van der Waals surface area (Å²) in [5, 5.41) is 2.66. The molecule has 0 aliphatic rings. The zero-order valence-corrected chi connectivity index (χ0v) is 9.46. The largest absolute Gasteiger partial charge is 0.356 e. The zero-order valence-electron chi connectivity index (χ0n) is 9.46. The summed E-state index contributed by atoms with van der Waals surface area (Å²) in [5.41, 5.74) is 1.39. The molecule has 1 rings (SSSR count). The van der Waals surface area contributed by atoms with E-state index in [1.54, 1.807) is 12.1 Å². The van der Waals surface area contributed by atoms with Gasteiger partial charge in [-0.05, 0) is 25.0 Å². The molecule has 0 spiro atoms. The molecule has 1 amide bonds. The average Bonchev–Trinajstić information content (AvgIpc) is 2.22. The van der Waals surface area contributed by atoms with Crippen molar-refractivity contribution in [3.63, 3.8) is 0 Å². The lowest BCUT2D eigenvalue weighted by atomic mass is 10.2. The molecule has 3 nitrogen and oxygen atoms in total.